The quantitative estimate of drug-likeness (QED) is 0.658. The van der Waals surface area contributed by atoms with Crippen LogP contribution in [-0.2, 0) is 16.4 Å². The molecule has 0 radical (unpaired) electrons. The van der Waals surface area contributed by atoms with Crippen molar-refractivity contribution in [2.24, 2.45) is 0 Å². The van der Waals surface area contributed by atoms with Crippen LogP contribution in [0.3, 0.4) is 0 Å². The number of fused-ring (bicyclic) bond motifs is 1. The summed E-state index contributed by atoms with van der Waals surface area (Å²) in [5.74, 6) is 0. The number of hydrogen-bond donors (Lipinski definition) is 0. The first kappa shape index (κ1) is 17.6. The van der Waals surface area contributed by atoms with Crippen molar-refractivity contribution in [1.29, 1.82) is 0 Å². The molecule has 1 aliphatic carbocycles. The summed E-state index contributed by atoms with van der Waals surface area (Å²) in [6, 6.07) is 14.0. The van der Waals surface area contributed by atoms with E-state index >= 15 is 0 Å². The van der Waals surface area contributed by atoms with E-state index in [9.17, 15) is 8.42 Å². The number of halogens is 1. The Morgan fingerprint density at radius 2 is 1.73 bits per heavy atom. The van der Waals surface area contributed by atoms with Crippen LogP contribution >= 0.6 is 11.6 Å². The Hall–Kier alpha value is -1.82. The van der Waals surface area contributed by atoms with Gasteiger partial charge in [-0.05, 0) is 69.3 Å². The fourth-order valence-corrected chi connectivity index (χ4v) is 5.08. The van der Waals surface area contributed by atoms with E-state index in [1.807, 2.05) is 24.3 Å². The average Bonchev–Trinajstić information content (AvgIpc) is 3.31. The molecular formula is C20H21ClN2O2S. The van der Waals surface area contributed by atoms with Crippen LogP contribution in [0, 0.1) is 0 Å². The van der Waals surface area contributed by atoms with Gasteiger partial charge in [0.2, 0.25) is 0 Å². The molecule has 6 heteroatoms. The molecule has 0 aliphatic heterocycles. The first-order valence-corrected chi connectivity index (χ1v) is 10.4. The molecule has 0 N–H and O–H groups in total. The van der Waals surface area contributed by atoms with Crippen LogP contribution < -0.4 is 0 Å². The van der Waals surface area contributed by atoms with Crippen molar-refractivity contribution in [3.63, 3.8) is 0 Å². The summed E-state index contributed by atoms with van der Waals surface area (Å²) in [5.41, 5.74) is 1.94. The predicted molar refractivity (Wildman–Crippen MR) is 105 cm³/mol. The van der Waals surface area contributed by atoms with Crippen LogP contribution in [0.1, 0.15) is 18.4 Å². The molecule has 0 bridgehead atoms. The Kier molecular flexibility index (Phi) is 4.14. The fraction of sp³-hybridized carbons (Fsp3) is 0.300. The van der Waals surface area contributed by atoms with E-state index in [1.165, 1.54) is 3.97 Å². The van der Waals surface area contributed by atoms with Gasteiger partial charge in [0.05, 0.1) is 10.4 Å². The Morgan fingerprint density at radius 1 is 1.08 bits per heavy atom. The maximum absolute atomic E-state index is 13.2. The largest absolute Gasteiger partial charge is 0.303 e. The van der Waals surface area contributed by atoms with Crippen molar-refractivity contribution in [2.45, 2.75) is 29.7 Å². The van der Waals surface area contributed by atoms with Gasteiger partial charge < -0.3 is 4.90 Å². The maximum Gasteiger partial charge on any atom is 0.268 e. The third kappa shape index (κ3) is 2.84. The molecule has 136 valence electrons. The molecule has 1 aliphatic rings. The lowest BCUT2D eigenvalue weighted by Crippen LogP contribution is -2.32. The van der Waals surface area contributed by atoms with Crippen molar-refractivity contribution in [3.8, 4) is 0 Å². The molecule has 1 heterocycles. The minimum Gasteiger partial charge on any atom is -0.303 e. The van der Waals surface area contributed by atoms with E-state index in [2.05, 4.69) is 19.0 Å². The zero-order valence-corrected chi connectivity index (χ0v) is 16.4. The van der Waals surface area contributed by atoms with Gasteiger partial charge in [0.15, 0.2) is 0 Å². The van der Waals surface area contributed by atoms with Crippen LogP contribution in [-0.4, -0.2) is 36.9 Å². The van der Waals surface area contributed by atoms with Crippen molar-refractivity contribution < 1.29 is 8.42 Å². The monoisotopic (exact) mass is 388 g/mol. The predicted octanol–water partition coefficient (Wildman–Crippen LogP) is 4.17. The van der Waals surface area contributed by atoms with Crippen LogP contribution in [0.4, 0.5) is 0 Å². The van der Waals surface area contributed by atoms with Crippen molar-refractivity contribution in [3.05, 3.63) is 65.3 Å². The van der Waals surface area contributed by atoms with Crippen molar-refractivity contribution >= 4 is 32.5 Å². The zero-order valence-electron chi connectivity index (χ0n) is 14.8. The number of para-hydroxylation sites is 1. The first-order valence-electron chi connectivity index (χ1n) is 8.61. The van der Waals surface area contributed by atoms with Gasteiger partial charge in [-0.25, -0.2) is 12.4 Å². The molecule has 0 unspecified atom stereocenters. The van der Waals surface area contributed by atoms with Gasteiger partial charge in [-0.3, -0.25) is 0 Å². The lowest BCUT2D eigenvalue weighted by molar-refractivity contribution is 0.270. The summed E-state index contributed by atoms with van der Waals surface area (Å²) in [6.45, 7) is 0. The molecule has 3 aromatic rings. The minimum absolute atomic E-state index is 0.152. The Labute approximate surface area is 159 Å². The Morgan fingerprint density at radius 3 is 2.35 bits per heavy atom. The van der Waals surface area contributed by atoms with Gasteiger partial charge in [-0.1, -0.05) is 29.8 Å². The Bertz CT molecular complexity index is 1060. The SMILES string of the molecule is CN(C)C1(Cc2cn(S(=O)(=O)c3ccc(Cl)cc3)c3ccccc23)CC1. The molecule has 26 heavy (non-hydrogen) atoms. The highest BCUT2D eigenvalue weighted by Crippen LogP contribution is 2.44. The van der Waals surface area contributed by atoms with E-state index in [-0.39, 0.29) is 10.4 Å². The van der Waals surface area contributed by atoms with E-state index in [4.69, 9.17) is 11.6 Å². The molecule has 0 saturated heterocycles. The molecule has 0 amide bonds. The summed E-state index contributed by atoms with van der Waals surface area (Å²) in [5, 5.41) is 1.52. The van der Waals surface area contributed by atoms with E-state index in [0.29, 0.717) is 10.5 Å². The topological polar surface area (TPSA) is 42.3 Å². The van der Waals surface area contributed by atoms with Crippen molar-refractivity contribution in [2.75, 3.05) is 14.1 Å². The third-order valence-electron chi connectivity index (χ3n) is 5.43. The standard InChI is InChI=1S/C20H21ClN2O2S/c1-22(2)20(11-12-20)13-15-14-23(19-6-4-3-5-18(15)19)26(24,25)17-9-7-16(21)8-10-17/h3-10,14H,11-13H2,1-2H3. The van der Waals surface area contributed by atoms with Gasteiger partial charge in [0, 0.05) is 22.1 Å². The summed E-state index contributed by atoms with van der Waals surface area (Å²) < 4.78 is 27.8. The molecule has 2 aromatic carbocycles. The van der Waals surface area contributed by atoms with Crippen LogP contribution in [0.5, 0.6) is 0 Å². The number of nitrogens with zero attached hydrogens (tertiary/aromatic N) is 2. The third-order valence-corrected chi connectivity index (χ3v) is 7.37. The van der Waals surface area contributed by atoms with Crippen LogP contribution in [0.25, 0.3) is 10.9 Å². The lowest BCUT2D eigenvalue weighted by Gasteiger charge is -2.23. The summed E-state index contributed by atoms with van der Waals surface area (Å²) >= 11 is 5.91. The highest BCUT2D eigenvalue weighted by atomic mass is 35.5. The van der Waals surface area contributed by atoms with E-state index < -0.39 is 10.0 Å². The van der Waals surface area contributed by atoms with Gasteiger partial charge in [0.1, 0.15) is 0 Å². The van der Waals surface area contributed by atoms with Crippen LogP contribution in [0.2, 0.25) is 5.02 Å². The molecular weight excluding hydrogens is 368 g/mol. The molecule has 0 atom stereocenters. The minimum atomic E-state index is -3.67. The van der Waals surface area contributed by atoms with Gasteiger partial charge >= 0.3 is 0 Å². The highest BCUT2D eigenvalue weighted by Gasteiger charge is 2.45. The van der Waals surface area contributed by atoms with Gasteiger partial charge in [-0.15, -0.1) is 0 Å². The average molecular weight is 389 g/mol. The molecule has 4 nitrogen and oxygen atoms in total. The Balaban J connectivity index is 1.85. The number of hydrogen-bond acceptors (Lipinski definition) is 3. The second-order valence-electron chi connectivity index (χ2n) is 7.22. The highest BCUT2D eigenvalue weighted by molar-refractivity contribution is 7.90. The molecule has 0 spiro atoms. The zero-order chi connectivity index (χ0) is 18.5. The normalized spacial score (nSPS) is 16.3. The summed E-state index contributed by atoms with van der Waals surface area (Å²) in [7, 11) is 0.515. The summed E-state index contributed by atoms with van der Waals surface area (Å²) in [4.78, 5) is 2.50. The van der Waals surface area contributed by atoms with Gasteiger partial charge in [0.25, 0.3) is 10.0 Å². The molecule has 1 saturated carbocycles. The molecule has 4 rings (SSSR count). The van der Waals surface area contributed by atoms with E-state index in [1.54, 1.807) is 30.5 Å². The number of rotatable bonds is 5. The van der Waals surface area contributed by atoms with E-state index in [0.717, 1.165) is 30.2 Å². The lowest BCUT2D eigenvalue weighted by atomic mass is 10.0. The van der Waals surface area contributed by atoms with Gasteiger partial charge in [-0.2, -0.15) is 0 Å². The maximum atomic E-state index is 13.2. The number of benzene rings is 2. The first-order chi connectivity index (χ1) is 12.3. The smallest absolute Gasteiger partial charge is 0.268 e. The summed E-state index contributed by atoms with van der Waals surface area (Å²) in [6.07, 6.45) is 4.93. The molecule has 1 fully saturated rings. The van der Waals surface area contributed by atoms with Crippen molar-refractivity contribution in [1.82, 2.24) is 8.87 Å². The van der Waals surface area contributed by atoms with Crippen LogP contribution in [0.15, 0.2) is 59.6 Å². The number of likely N-dealkylation sites (N-methyl/N-ethyl adjacent to an activating group) is 1. The fourth-order valence-electron chi connectivity index (χ4n) is 3.56. The molecule has 1 aromatic heterocycles. The second kappa shape index (κ2) is 6.12. The number of aromatic nitrogens is 1. The second-order valence-corrected chi connectivity index (χ2v) is 9.47.